The number of carbonyl (C=O) groups excluding carboxylic acids is 3. The largest absolute Gasteiger partial charge is 0.493 e. The van der Waals surface area contributed by atoms with Gasteiger partial charge in [0.25, 0.3) is 11.8 Å². The molecule has 0 fully saturated rings. The van der Waals surface area contributed by atoms with E-state index in [9.17, 15) is 14.4 Å². The number of hydrogen-bond acceptors (Lipinski definition) is 7. The van der Waals surface area contributed by atoms with Gasteiger partial charge in [-0.3, -0.25) is 19.3 Å². The highest BCUT2D eigenvalue weighted by molar-refractivity contribution is 6.24. The number of fused-ring (bicyclic) bond motifs is 1. The van der Waals surface area contributed by atoms with E-state index in [1.807, 2.05) is 6.92 Å². The summed E-state index contributed by atoms with van der Waals surface area (Å²) in [6.07, 6.45) is -0.183. The molecule has 2 aromatic carbocycles. The summed E-state index contributed by atoms with van der Waals surface area (Å²) in [6.45, 7) is 2.24. The second kappa shape index (κ2) is 9.07. The molecule has 0 aromatic heterocycles. The topological polar surface area (TPSA) is 85.4 Å². The number of rotatable bonds is 8. The van der Waals surface area contributed by atoms with Crippen molar-refractivity contribution in [2.24, 2.45) is 0 Å². The molecule has 1 heterocycles. The van der Waals surface area contributed by atoms with Gasteiger partial charge in [-0.2, -0.15) is 0 Å². The molecular formula is C23H26N2O6. The van der Waals surface area contributed by atoms with Gasteiger partial charge in [0.2, 0.25) is 0 Å². The van der Waals surface area contributed by atoms with E-state index < -0.39 is 23.8 Å². The van der Waals surface area contributed by atoms with Crippen LogP contribution in [0.5, 0.6) is 11.5 Å². The van der Waals surface area contributed by atoms with Crippen molar-refractivity contribution in [3.05, 3.63) is 53.1 Å². The highest BCUT2D eigenvalue weighted by Gasteiger charge is 2.43. The van der Waals surface area contributed by atoms with Gasteiger partial charge in [0, 0.05) is 19.8 Å². The van der Waals surface area contributed by atoms with E-state index in [1.165, 1.54) is 14.2 Å². The molecule has 2 aromatic rings. The molecule has 31 heavy (non-hydrogen) atoms. The predicted octanol–water partition coefficient (Wildman–Crippen LogP) is 3.06. The van der Waals surface area contributed by atoms with Crippen molar-refractivity contribution in [1.29, 1.82) is 0 Å². The first-order valence-corrected chi connectivity index (χ1v) is 9.89. The van der Waals surface area contributed by atoms with Crippen LogP contribution in [0, 0.1) is 0 Å². The molecule has 0 bridgehead atoms. The van der Waals surface area contributed by atoms with Gasteiger partial charge in [0.15, 0.2) is 11.5 Å². The summed E-state index contributed by atoms with van der Waals surface area (Å²) in [4.78, 5) is 41.8. The van der Waals surface area contributed by atoms with Gasteiger partial charge in [-0.1, -0.05) is 12.1 Å². The highest BCUT2D eigenvalue weighted by Crippen LogP contribution is 2.39. The zero-order chi connectivity index (χ0) is 22.7. The normalized spacial score (nSPS) is 13.6. The zero-order valence-electron chi connectivity index (χ0n) is 18.3. The number of anilines is 1. The summed E-state index contributed by atoms with van der Waals surface area (Å²) < 4.78 is 15.8. The zero-order valence-corrected chi connectivity index (χ0v) is 18.3. The van der Waals surface area contributed by atoms with Crippen LogP contribution in [-0.4, -0.2) is 57.6 Å². The number of amides is 2. The summed E-state index contributed by atoms with van der Waals surface area (Å²) in [5.74, 6) is -0.468. The molecule has 0 aliphatic carbocycles. The number of imide groups is 1. The van der Waals surface area contributed by atoms with Crippen LogP contribution in [0.25, 0.3) is 0 Å². The van der Waals surface area contributed by atoms with Crippen LogP contribution in [0.15, 0.2) is 36.4 Å². The molecule has 0 spiro atoms. The van der Waals surface area contributed by atoms with Crippen LogP contribution in [0.3, 0.4) is 0 Å². The summed E-state index contributed by atoms with van der Waals surface area (Å²) in [7, 11) is 6.40. The standard InChI is InChI=1S/C23H26N2O6/c1-6-31-19-12-14(10-11-18(19)29-4)17(13-20(26)30-5)25-22(27)15-8-7-9-16(24(2)3)21(15)23(25)28/h7-12,17H,6,13H2,1-5H3. The first-order valence-electron chi connectivity index (χ1n) is 9.89. The van der Waals surface area contributed by atoms with Gasteiger partial charge < -0.3 is 19.1 Å². The van der Waals surface area contributed by atoms with Crippen LogP contribution in [-0.2, 0) is 9.53 Å². The third kappa shape index (κ3) is 4.05. The molecule has 1 unspecified atom stereocenters. The van der Waals surface area contributed by atoms with Crippen molar-refractivity contribution < 1.29 is 28.6 Å². The van der Waals surface area contributed by atoms with Gasteiger partial charge in [0.05, 0.1) is 44.4 Å². The maximum absolute atomic E-state index is 13.4. The van der Waals surface area contributed by atoms with Crippen LogP contribution in [0.1, 0.15) is 45.7 Å². The van der Waals surface area contributed by atoms with Crippen molar-refractivity contribution in [3.8, 4) is 11.5 Å². The maximum Gasteiger partial charge on any atom is 0.307 e. The monoisotopic (exact) mass is 426 g/mol. The molecular weight excluding hydrogens is 400 g/mol. The second-order valence-electron chi connectivity index (χ2n) is 7.21. The van der Waals surface area contributed by atoms with Crippen LogP contribution >= 0.6 is 0 Å². The molecule has 0 radical (unpaired) electrons. The molecule has 0 saturated heterocycles. The number of ether oxygens (including phenoxy) is 3. The lowest BCUT2D eigenvalue weighted by Crippen LogP contribution is -2.35. The molecule has 0 saturated carbocycles. The summed E-state index contributed by atoms with van der Waals surface area (Å²) in [5.41, 5.74) is 1.84. The minimum absolute atomic E-state index is 0.183. The molecule has 3 rings (SSSR count). The van der Waals surface area contributed by atoms with Gasteiger partial charge >= 0.3 is 5.97 Å². The lowest BCUT2D eigenvalue weighted by molar-refractivity contribution is -0.141. The Balaban J connectivity index is 2.11. The Morgan fingerprint density at radius 1 is 1.06 bits per heavy atom. The fourth-order valence-corrected chi connectivity index (χ4v) is 3.71. The Hall–Kier alpha value is -3.55. The molecule has 1 aliphatic rings. The Morgan fingerprint density at radius 3 is 2.42 bits per heavy atom. The number of esters is 1. The Labute approximate surface area is 181 Å². The van der Waals surface area contributed by atoms with E-state index in [0.29, 0.717) is 40.5 Å². The van der Waals surface area contributed by atoms with Crippen molar-refractivity contribution in [1.82, 2.24) is 4.90 Å². The van der Waals surface area contributed by atoms with Crippen molar-refractivity contribution in [2.75, 3.05) is 39.8 Å². The predicted molar refractivity (Wildman–Crippen MR) is 115 cm³/mol. The van der Waals surface area contributed by atoms with Crippen molar-refractivity contribution >= 4 is 23.5 Å². The number of hydrogen-bond donors (Lipinski definition) is 0. The van der Waals surface area contributed by atoms with Crippen LogP contribution in [0.2, 0.25) is 0 Å². The van der Waals surface area contributed by atoms with Crippen LogP contribution in [0.4, 0.5) is 5.69 Å². The van der Waals surface area contributed by atoms with E-state index in [2.05, 4.69) is 0 Å². The maximum atomic E-state index is 13.4. The summed E-state index contributed by atoms with van der Waals surface area (Å²) >= 11 is 0. The van der Waals surface area contributed by atoms with E-state index in [4.69, 9.17) is 14.2 Å². The summed E-state index contributed by atoms with van der Waals surface area (Å²) in [5, 5.41) is 0. The lowest BCUT2D eigenvalue weighted by Gasteiger charge is -2.27. The Bertz CT molecular complexity index is 1020. The van der Waals surface area contributed by atoms with E-state index >= 15 is 0 Å². The molecule has 8 heteroatoms. The fourth-order valence-electron chi connectivity index (χ4n) is 3.71. The average molecular weight is 426 g/mol. The first-order chi connectivity index (χ1) is 14.8. The highest BCUT2D eigenvalue weighted by atomic mass is 16.5. The van der Waals surface area contributed by atoms with Gasteiger partial charge in [0.1, 0.15) is 0 Å². The van der Waals surface area contributed by atoms with Gasteiger partial charge in [-0.05, 0) is 36.8 Å². The lowest BCUT2D eigenvalue weighted by atomic mass is 10.0. The number of benzene rings is 2. The smallest absolute Gasteiger partial charge is 0.307 e. The van der Waals surface area contributed by atoms with Crippen molar-refractivity contribution in [3.63, 3.8) is 0 Å². The average Bonchev–Trinajstić information content (AvgIpc) is 3.02. The Kier molecular flexibility index (Phi) is 6.48. The molecule has 0 N–H and O–H groups in total. The van der Waals surface area contributed by atoms with Crippen molar-refractivity contribution in [2.45, 2.75) is 19.4 Å². The van der Waals surface area contributed by atoms with Gasteiger partial charge in [-0.15, -0.1) is 0 Å². The molecule has 2 amide bonds. The van der Waals surface area contributed by atoms with Gasteiger partial charge in [-0.25, -0.2) is 0 Å². The fraction of sp³-hybridized carbons (Fsp3) is 0.348. The first kappa shape index (κ1) is 22.1. The third-order valence-electron chi connectivity index (χ3n) is 5.18. The summed E-state index contributed by atoms with van der Waals surface area (Å²) in [6, 6.07) is 9.37. The third-order valence-corrected chi connectivity index (χ3v) is 5.18. The number of carbonyl (C=O) groups is 3. The molecule has 1 atom stereocenters. The van der Waals surface area contributed by atoms with Crippen LogP contribution < -0.4 is 14.4 Å². The number of methoxy groups -OCH3 is 2. The minimum Gasteiger partial charge on any atom is -0.493 e. The molecule has 8 nitrogen and oxygen atoms in total. The molecule has 164 valence electrons. The second-order valence-corrected chi connectivity index (χ2v) is 7.21. The van der Waals surface area contributed by atoms with E-state index in [1.54, 1.807) is 55.4 Å². The van der Waals surface area contributed by atoms with E-state index in [0.717, 1.165) is 4.90 Å². The minimum atomic E-state index is -0.861. The Morgan fingerprint density at radius 2 is 1.81 bits per heavy atom. The quantitative estimate of drug-likeness (QED) is 0.474. The number of nitrogens with zero attached hydrogens (tertiary/aromatic N) is 2. The van der Waals surface area contributed by atoms with E-state index in [-0.39, 0.29) is 6.42 Å². The SMILES string of the molecule is CCOc1cc(C(CC(=O)OC)N2C(=O)c3cccc(N(C)C)c3C2=O)ccc1OC. The molecule has 1 aliphatic heterocycles.